The molecule has 4 heteroatoms. The topological polar surface area (TPSA) is 47.7 Å². The van der Waals surface area contributed by atoms with Gasteiger partial charge in [0, 0.05) is 25.7 Å². The van der Waals surface area contributed by atoms with Gasteiger partial charge in [0.05, 0.1) is 25.6 Å². The summed E-state index contributed by atoms with van der Waals surface area (Å²) in [6, 6.07) is 3.74. The largest absolute Gasteiger partial charge is 0.493 e. The minimum absolute atomic E-state index is 0.667. The number of anilines is 2. The first-order valence-electron chi connectivity index (χ1n) is 6.36. The molecule has 0 aliphatic rings. The fourth-order valence-electron chi connectivity index (χ4n) is 1.93. The minimum atomic E-state index is 0.667. The van der Waals surface area contributed by atoms with E-state index in [-0.39, 0.29) is 0 Å². The first-order valence-corrected chi connectivity index (χ1v) is 6.36. The van der Waals surface area contributed by atoms with Gasteiger partial charge in [-0.25, -0.2) is 0 Å². The molecule has 0 aliphatic carbocycles. The van der Waals surface area contributed by atoms with Crippen molar-refractivity contribution in [2.75, 3.05) is 38.4 Å². The smallest absolute Gasteiger partial charge is 0.162 e. The molecule has 0 aliphatic heterocycles. The van der Waals surface area contributed by atoms with E-state index >= 15 is 0 Å². The lowest BCUT2D eigenvalue weighted by Gasteiger charge is -2.22. The molecule has 0 fully saturated rings. The van der Waals surface area contributed by atoms with Crippen LogP contribution in [0.25, 0.3) is 0 Å². The molecule has 102 valence electrons. The van der Waals surface area contributed by atoms with Gasteiger partial charge >= 0.3 is 0 Å². The fourth-order valence-corrected chi connectivity index (χ4v) is 1.93. The Morgan fingerprint density at radius 2 is 1.72 bits per heavy atom. The summed E-state index contributed by atoms with van der Waals surface area (Å²) >= 11 is 0. The van der Waals surface area contributed by atoms with E-state index in [1.165, 1.54) is 19.3 Å². The first kappa shape index (κ1) is 14.5. The van der Waals surface area contributed by atoms with E-state index in [0.29, 0.717) is 17.2 Å². The van der Waals surface area contributed by atoms with Gasteiger partial charge in [-0.15, -0.1) is 0 Å². The number of ether oxygens (including phenoxy) is 2. The molecule has 0 atom stereocenters. The molecule has 0 spiro atoms. The molecule has 4 nitrogen and oxygen atoms in total. The van der Waals surface area contributed by atoms with E-state index in [4.69, 9.17) is 15.2 Å². The van der Waals surface area contributed by atoms with Crippen LogP contribution >= 0.6 is 0 Å². The molecule has 1 rings (SSSR count). The van der Waals surface area contributed by atoms with Crippen molar-refractivity contribution in [3.8, 4) is 11.5 Å². The van der Waals surface area contributed by atoms with Gasteiger partial charge in [-0.3, -0.25) is 0 Å². The third-order valence-corrected chi connectivity index (χ3v) is 3.04. The number of rotatable bonds is 7. The Labute approximate surface area is 110 Å². The van der Waals surface area contributed by atoms with Gasteiger partial charge in [0.2, 0.25) is 0 Å². The van der Waals surface area contributed by atoms with Crippen molar-refractivity contribution in [2.24, 2.45) is 0 Å². The second kappa shape index (κ2) is 6.99. The molecule has 0 aromatic heterocycles. The van der Waals surface area contributed by atoms with Crippen LogP contribution in [0.1, 0.15) is 26.2 Å². The zero-order valence-electron chi connectivity index (χ0n) is 11.8. The lowest BCUT2D eigenvalue weighted by Crippen LogP contribution is -2.19. The maximum atomic E-state index is 6.05. The SMILES string of the molecule is CCCCCN(C)c1cc(OC)c(OC)cc1N. The molecule has 0 heterocycles. The minimum Gasteiger partial charge on any atom is -0.493 e. The molecule has 2 N–H and O–H groups in total. The van der Waals surface area contributed by atoms with Gasteiger partial charge in [0.1, 0.15) is 0 Å². The average Bonchev–Trinajstić information content (AvgIpc) is 2.38. The summed E-state index contributed by atoms with van der Waals surface area (Å²) in [6.07, 6.45) is 3.62. The summed E-state index contributed by atoms with van der Waals surface area (Å²) < 4.78 is 10.5. The van der Waals surface area contributed by atoms with E-state index in [2.05, 4.69) is 11.8 Å². The highest BCUT2D eigenvalue weighted by Crippen LogP contribution is 2.36. The predicted octanol–water partition coefficient (Wildman–Crippen LogP) is 2.91. The van der Waals surface area contributed by atoms with Crippen LogP contribution in [0.15, 0.2) is 12.1 Å². The number of hydrogen-bond acceptors (Lipinski definition) is 4. The van der Waals surface area contributed by atoms with Crippen molar-refractivity contribution in [2.45, 2.75) is 26.2 Å². The molecule has 18 heavy (non-hydrogen) atoms. The Hall–Kier alpha value is -1.58. The fraction of sp³-hybridized carbons (Fsp3) is 0.571. The maximum absolute atomic E-state index is 6.05. The lowest BCUT2D eigenvalue weighted by molar-refractivity contribution is 0.355. The van der Waals surface area contributed by atoms with E-state index in [1.54, 1.807) is 14.2 Å². The highest BCUT2D eigenvalue weighted by molar-refractivity contribution is 5.72. The summed E-state index contributed by atoms with van der Waals surface area (Å²) in [6.45, 7) is 3.19. The van der Waals surface area contributed by atoms with Crippen LogP contribution in [0.5, 0.6) is 11.5 Å². The number of unbranched alkanes of at least 4 members (excludes halogenated alkanes) is 2. The molecule has 0 amide bonds. The molecule has 0 saturated heterocycles. The molecular formula is C14H24N2O2. The van der Waals surface area contributed by atoms with Gasteiger partial charge in [-0.1, -0.05) is 19.8 Å². The lowest BCUT2D eigenvalue weighted by atomic mass is 10.2. The molecule has 0 unspecified atom stereocenters. The van der Waals surface area contributed by atoms with Crippen LogP contribution in [0.4, 0.5) is 11.4 Å². The number of hydrogen-bond donors (Lipinski definition) is 1. The summed E-state index contributed by atoms with van der Waals surface area (Å²) in [5, 5.41) is 0. The second-order valence-electron chi connectivity index (χ2n) is 4.39. The molecule has 1 aromatic carbocycles. The molecule has 0 saturated carbocycles. The Balaban J connectivity index is 2.87. The number of nitrogens with two attached hydrogens (primary N) is 1. The standard InChI is InChI=1S/C14H24N2O2/c1-5-6-7-8-16(2)12-10-14(18-4)13(17-3)9-11(12)15/h9-10H,5-8,15H2,1-4H3. The van der Waals surface area contributed by atoms with Gasteiger partial charge in [0.15, 0.2) is 11.5 Å². The van der Waals surface area contributed by atoms with Crippen molar-refractivity contribution < 1.29 is 9.47 Å². The van der Waals surface area contributed by atoms with Gasteiger partial charge < -0.3 is 20.1 Å². The Morgan fingerprint density at radius 3 is 2.28 bits per heavy atom. The maximum Gasteiger partial charge on any atom is 0.162 e. The molecule has 1 aromatic rings. The summed E-state index contributed by atoms with van der Waals surface area (Å²) in [5.41, 5.74) is 7.75. The van der Waals surface area contributed by atoms with E-state index in [1.807, 2.05) is 19.2 Å². The Kier molecular flexibility index (Phi) is 5.62. The summed E-state index contributed by atoms with van der Waals surface area (Å²) in [7, 11) is 5.30. The van der Waals surface area contributed by atoms with Crippen molar-refractivity contribution in [1.29, 1.82) is 0 Å². The van der Waals surface area contributed by atoms with Crippen molar-refractivity contribution >= 4 is 11.4 Å². The second-order valence-corrected chi connectivity index (χ2v) is 4.39. The molecule has 0 radical (unpaired) electrons. The monoisotopic (exact) mass is 252 g/mol. The van der Waals surface area contributed by atoms with Crippen molar-refractivity contribution in [3.05, 3.63) is 12.1 Å². The van der Waals surface area contributed by atoms with Crippen LogP contribution in [0, 0.1) is 0 Å². The van der Waals surface area contributed by atoms with Gasteiger partial charge in [0.25, 0.3) is 0 Å². The molecule has 0 bridgehead atoms. The van der Waals surface area contributed by atoms with Gasteiger partial charge in [-0.05, 0) is 6.42 Å². The molecular weight excluding hydrogens is 228 g/mol. The normalized spacial score (nSPS) is 10.2. The highest BCUT2D eigenvalue weighted by atomic mass is 16.5. The van der Waals surface area contributed by atoms with Crippen molar-refractivity contribution in [3.63, 3.8) is 0 Å². The summed E-state index contributed by atoms with van der Waals surface area (Å²) in [4.78, 5) is 2.16. The predicted molar refractivity (Wildman–Crippen MR) is 76.8 cm³/mol. The number of benzene rings is 1. The zero-order valence-corrected chi connectivity index (χ0v) is 11.8. The number of nitrogen functional groups attached to an aromatic ring is 1. The first-order chi connectivity index (χ1) is 8.63. The number of methoxy groups -OCH3 is 2. The number of nitrogens with zero attached hydrogens (tertiary/aromatic N) is 1. The third-order valence-electron chi connectivity index (χ3n) is 3.04. The third kappa shape index (κ3) is 3.45. The van der Waals surface area contributed by atoms with E-state index in [9.17, 15) is 0 Å². The quantitative estimate of drug-likeness (QED) is 0.599. The average molecular weight is 252 g/mol. The van der Waals surface area contributed by atoms with E-state index in [0.717, 1.165) is 12.2 Å². The van der Waals surface area contributed by atoms with Crippen LogP contribution in [0.2, 0.25) is 0 Å². The van der Waals surface area contributed by atoms with E-state index < -0.39 is 0 Å². The summed E-state index contributed by atoms with van der Waals surface area (Å²) in [5.74, 6) is 1.38. The van der Waals surface area contributed by atoms with Crippen LogP contribution in [-0.2, 0) is 0 Å². The van der Waals surface area contributed by atoms with Crippen molar-refractivity contribution in [1.82, 2.24) is 0 Å². The van der Waals surface area contributed by atoms with Crippen LogP contribution in [0.3, 0.4) is 0 Å². The zero-order chi connectivity index (χ0) is 13.5. The van der Waals surface area contributed by atoms with Gasteiger partial charge in [-0.2, -0.15) is 0 Å². The highest BCUT2D eigenvalue weighted by Gasteiger charge is 2.11. The van der Waals surface area contributed by atoms with Crippen LogP contribution in [-0.4, -0.2) is 27.8 Å². The Bertz CT molecular complexity index is 380. The van der Waals surface area contributed by atoms with Crippen LogP contribution < -0.4 is 20.1 Å². The Morgan fingerprint density at radius 1 is 1.11 bits per heavy atom.